The van der Waals surface area contributed by atoms with Crippen LogP contribution >= 0.6 is 11.6 Å². The normalized spacial score (nSPS) is 10.3. The van der Waals surface area contributed by atoms with Gasteiger partial charge in [-0.1, -0.05) is 29.8 Å². The first kappa shape index (κ1) is 22.0. The molecule has 0 fully saturated rings. The number of para-hydroxylation sites is 1. The van der Waals surface area contributed by atoms with Crippen molar-refractivity contribution in [2.75, 3.05) is 28.6 Å². The lowest BCUT2D eigenvalue weighted by atomic mass is 10.2. The Morgan fingerprint density at radius 3 is 2.35 bits per heavy atom. The van der Waals surface area contributed by atoms with Crippen LogP contribution in [0, 0.1) is 11.6 Å². The number of hydrogen-bond acceptors (Lipinski definition) is 2. The van der Waals surface area contributed by atoms with Gasteiger partial charge in [0.25, 0.3) is 0 Å². The number of carbonyl (C=O) groups is 2. The average Bonchev–Trinajstić information content (AvgIpc) is 2.74. The molecule has 0 heterocycles. The predicted octanol–water partition coefficient (Wildman–Crippen LogP) is 5.48. The van der Waals surface area contributed by atoms with Crippen molar-refractivity contribution in [1.82, 2.24) is 5.32 Å². The molecule has 4 amide bonds. The number of urea groups is 2. The first-order chi connectivity index (χ1) is 14.9. The SMILES string of the molecule is O=C(NCCN(C(=O)Nc1ccccc1F)c1ccc(F)cc1)Nc1cccc(Cl)c1. The van der Waals surface area contributed by atoms with Crippen LogP contribution in [0.2, 0.25) is 5.02 Å². The van der Waals surface area contributed by atoms with Crippen LogP contribution in [0.25, 0.3) is 0 Å². The highest BCUT2D eigenvalue weighted by Crippen LogP contribution is 2.18. The van der Waals surface area contributed by atoms with Crippen molar-refractivity contribution in [2.24, 2.45) is 0 Å². The van der Waals surface area contributed by atoms with Gasteiger partial charge in [-0.3, -0.25) is 4.90 Å². The number of nitrogens with one attached hydrogen (secondary N) is 3. The number of amides is 4. The number of hydrogen-bond donors (Lipinski definition) is 3. The van der Waals surface area contributed by atoms with Gasteiger partial charge in [-0.15, -0.1) is 0 Å². The molecule has 3 N–H and O–H groups in total. The third kappa shape index (κ3) is 6.42. The molecule has 3 aromatic carbocycles. The van der Waals surface area contributed by atoms with Crippen molar-refractivity contribution in [2.45, 2.75) is 0 Å². The zero-order valence-electron chi connectivity index (χ0n) is 16.2. The van der Waals surface area contributed by atoms with Crippen LogP contribution < -0.4 is 20.9 Å². The summed E-state index contributed by atoms with van der Waals surface area (Å²) < 4.78 is 27.2. The Bertz CT molecular complexity index is 1060. The zero-order valence-corrected chi connectivity index (χ0v) is 17.0. The molecule has 0 aliphatic rings. The Morgan fingerprint density at radius 2 is 1.65 bits per heavy atom. The van der Waals surface area contributed by atoms with Crippen LogP contribution in [0.3, 0.4) is 0 Å². The summed E-state index contributed by atoms with van der Waals surface area (Å²) in [5, 5.41) is 8.22. The summed E-state index contributed by atoms with van der Waals surface area (Å²) >= 11 is 5.89. The number of anilines is 3. The van der Waals surface area contributed by atoms with Crippen LogP contribution in [-0.4, -0.2) is 25.2 Å². The van der Waals surface area contributed by atoms with Crippen LogP contribution in [0.4, 0.5) is 35.4 Å². The summed E-state index contributed by atoms with van der Waals surface area (Å²) in [5.41, 5.74) is 0.899. The quantitative estimate of drug-likeness (QED) is 0.471. The van der Waals surface area contributed by atoms with E-state index < -0.39 is 23.7 Å². The Hall–Kier alpha value is -3.65. The van der Waals surface area contributed by atoms with Crippen molar-refractivity contribution >= 4 is 40.7 Å². The van der Waals surface area contributed by atoms with Crippen LogP contribution in [0.15, 0.2) is 72.8 Å². The Balaban J connectivity index is 1.65. The monoisotopic (exact) mass is 444 g/mol. The topological polar surface area (TPSA) is 73.5 Å². The van der Waals surface area contributed by atoms with E-state index in [9.17, 15) is 18.4 Å². The molecule has 3 aromatic rings. The van der Waals surface area contributed by atoms with E-state index in [2.05, 4.69) is 16.0 Å². The van der Waals surface area contributed by atoms with Gasteiger partial charge in [-0.05, 0) is 54.6 Å². The van der Waals surface area contributed by atoms with Gasteiger partial charge in [0, 0.05) is 29.5 Å². The third-order valence-electron chi connectivity index (χ3n) is 4.20. The summed E-state index contributed by atoms with van der Waals surface area (Å²) in [5.74, 6) is -1.05. The Kier molecular flexibility index (Phi) is 7.40. The number of rotatable bonds is 6. The Labute approximate surface area is 182 Å². The standard InChI is InChI=1S/C22H19ClF2N4O2/c23-15-4-3-5-17(14-15)27-21(30)26-12-13-29(18-10-8-16(24)9-11-18)22(31)28-20-7-2-1-6-19(20)25/h1-11,14H,12-13H2,(H,28,31)(H2,26,27,30). The first-order valence-corrected chi connectivity index (χ1v) is 9.69. The minimum atomic E-state index is -0.631. The maximum atomic E-state index is 13.9. The van der Waals surface area contributed by atoms with Crippen molar-refractivity contribution in [1.29, 1.82) is 0 Å². The van der Waals surface area contributed by atoms with E-state index >= 15 is 0 Å². The highest BCUT2D eigenvalue weighted by Gasteiger charge is 2.17. The maximum Gasteiger partial charge on any atom is 0.326 e. The molecule has 0 aromatic heterocycles. The molecule has 3 rings (SSSR count). The van der Waals surface area contributed by atoms with Crippen molar-refractivity contribution in [3.8, 4) is 0 Å². The van der Waals surface area contributed by atoms with Crippen molar-refractivity contribution in [3.05, 3.63) is 89.5 Å². The van der Waals surface area contributed by atoms with E-state index in [0.29, 0.717) is 16.4 Å². The van der Waals surface area contributed by atoms with Gasteiger partial charge in [-0.2, -0.15) is 0 Å². The second kappa shape index (κ2) is 10.4. The predicted molar refractivity (Wildman–Crippen MR) is 118 cm³/mol. The zero-order chi connectivity index (χ0) is 22.2. The highest BCUT2D eigenvalue weighted by molar-refractivity contribution is 6.30. The van der Waals surface area contributed by atoms with E-state index in [0.717, 1.165) is 0 Å². The highest BCUT2D eigenvalue weighted by atomic mass is 35.5. The summed E-state index contributed by atoms with van der Waals surface area (Å²) in [7, 11) is 0. The molecule has 0 bridgehead atoms. The van der Waals surface area contributed by atoms with Crippen LogP contribution in [0.1, 0.15) is 0 Å². The van der Waals surface area contributed by atoms with Crippen molar-refractivity contribution < 1.29 is 18.4 Å². The molecule has 0 atom stereocenters. The number of benzene rings is 3. The molecule has 160 valence electrons. The average molecular weight is 445 g/mol. The fraction of sp³-hybridized carbons (Fsp3) is 0.0909. The van der Waals surface area contributed by atoms with E-state index in [1.807, 2.05) is 0 Å². The minimum Gasteiger partial charge on any atom is -0.336 e. The van der Waals surface area contributed by atoms with Gasteiger partial charge < -0.3 is 16.0 Å². The van der Waals surface area contributed by atoms with Gasteiger partial charge in [0.2, 0.25) is 0 Å². The van der Waals surface area contributed by atoms with Gasteiger partial charge in [0.15, 0.2) is 0 Å². The molecule has 6 nitrogen and oxygen atoms in total. The molecule has 0 aliphatic heterocycles. The molecule has 9 heteroatoms. The smallest absolute Gasteiger partial charge is 0.326 e. The van der Waals surface area contributed by atoms with Gasteiger partial charge in [-0.25, -0.2) is 18.4 Å². The number of nitrogens with zero attached hydrogens (tertiary/aromatic N) is 1. The summed E-state index contributed by atoms with van der Waals surface area (Å²) in [6.45, 7) is 0.128. The van der Waals surface area contributed by atoms with Gasteiger partial charge in [0.1, 0.15) is 11.6 Å². The fourth-order valence-electron chi connectivity index (χ4n) is 2.74. The van der Waals surface area contributed by atoms with E-state index in [-0.39, 0.29) is 18.8 Å². The molecule has 0 saturated heterocycles. The maximum absolute atomic E-state index is 13.9. The van der Waals surface area contributed by atoms with Crippen LogP contribution in [-0.2, 0) is 0 Å². The second-order valence-corrected chi connectivity index (χ2v) is 6.87. The van der Waals surface area contributed by atoms with Gasteiger partial charge in [0.05, 0.1) is 5.69 Å². The fourth-order valence-corrected chi connectivity index (χ4v) is 2.93. The number of halogens is 3. The summed E-state index contributed by atoms with van der Waals surface area (Å²) in [6, 6.07) is 16.5. The minimum absolute atomic E-state index is 0.00581. The summed E-state index contributed by atoms with van der Waals surface area (Å²) in [6.07, 6.45) is 0. The largest absolute Gasteiger partial charge is 0.336 e. The lowest BCUT2D eigenvalue weighted by Gasteiger charge is -2.23. The molecule has 0 spiro atoms. The third-order valence-corrected chi connectivity index (χ3v) is 4.44. The van der Waals surface area contributed by atoms with E-state index in [1.54, 1.807) is 30.3 Å². The van der Waals surface area contributed by atoms with Crippen molar-refractivity contribution in [3.63, 3.8) is 0 Å². The molecule has 0 aliphatic carbocycles. The molecule has 0 saturated carbocycles. The van der Waals surface area contributed by atoms with E-state index in [1.165, 1.54) is 47.4 Å². The summed E-state index contributed by atoms with van der Waals surface area (Å²) in [4.78, 5) is 26.1. The lowest BCUT2D eigenvalue weighted by Crippen LogP contribution is -2.42. The second-order valence-electron chi connectivity index (χ2n) is 6.43. The first-order valence-electron chi connectivity index (χ1n) is 9.31. The van der Waals surface area contributed by atoms with Crippen LogP contribution in [0.5, 0.6) is 0 Å². The van der Waals surface area contributed by atoms with E-state index in [4.69, 9.17) is 11.6 Å². The molecular formula is C22H19ClF2N4O2. The molecular weight excluding hydrogens is 426 g/mol. The van der Waals surface area contributed by atoms with Gasteiger partial charge >= 0.3 is 12.1 Å². The molecule has 0 unspecified atom stereocenters. The molecule has 31 heavy (non-hydrogen) atoms. The molecule has 0 radical (unpaired) electrons. The Morgan fingerprint density at radius 1 is 0.903 bits per heavy atom. The lowest BCUT2D eigenvalue weighted by molar-refractivity contribution is 0.250. The number of carbonyl (C=O) groups excluding carboxylic acids is 2.